The average Bonchev–Trinajstić information content (AvgIpc) is 2.56. The van der Waals surface area contributed by atoms with Crippen LogP contribution in [0.4, 0.5) is 0 Å². The molecule has 0 saturated heterocycles. The van der Waals surface area contributed by atoms with Crippen LogP contribution < -0.4 is 0 Å². The Hall–Kier alpha value is -1.64. The fourth-order valence-corrected chi connectivity index (χ4v) is 0.753. The highest BCUT2D eigenvalue weighted by Gasteiger charge is 1.94. The second kappa shape index (κ2) is 4.28. The van der Waals surface area contributed by atoms with Gasteiger partial charge in [-0.2, -0.15) is 5.10 Å². The third-order valence-electron chi connectivity index (χ3n) is 1.38. The number of rotatable bonds is 3. The van der Waals surface area contributed by atoms with Gasteiger partial charge in [-0.25, -0.2) is 4.98 Å². The number of allylic oxidation sites excluding steroid dienone is 5. The molecule has 0 fully saturated rings. The Morgan fingerprint density at radius 3 is 3.00 bits per heavy atom. The van der Waals surface area contributed by atoms with Crippen LogP contribution in [0, 0.1) is 0 Å². The number of hydrogen-bond donors (Lipinski definition) is 1. The van der Waals surface area contributed by atoms with Gasteiger partial charge in [-0.15, -0.1) is 0 Å². The largest absolute Gasteiger partial charge is 0.260 e. The number of hydrogen-bond acceptors (Lipinski definition) is 2. The quantitative estimate of drug-likeness (QED) is 0.688. The summed E-state index contributed by atoms with van der Waals surface area (Å²) >= 11 is 0. The van der Waals surface area contributed by atoms with Gasteiger partial charge in [-0.1, -0.05) is 30.9 Å². The van der Waals surface area contributed by atoms with Crippen molar-refractivity contribution in [3.63, 3.8) is 0 Å². The van der Waals surface area contributed by atoms with E-state index >= 15 is 0 Å². The molecule has 1 heterocycles. The van der Waals surface area contributed by atoms with E-state index in [-0.39, 0.29) is 0 Å². The molecule has 3 nitrogen and oxygen atoms in total. The van der Waals surface area contributed by atoms with Crippen LogP contribution >= 0.6 is 0 Å². The molecule has 1 aromatic heterocycles. The molecule has 0 aliphatic carbocycles. The SMILES string of the molecule is C=C/C=C\C=C(/C)c1ncn[nH]1. The van der Waals surface area contributed by atoms with E-state index in [1.165, 1.54) is 6.33 Å². The van der Waals surface area contributed by atoms with Gasteiger partial charge in [-0.3, -0.25) is 5.10 Å². The first-order valence-electron chi connectivity index (χ1n) is 3.66. The summed E-state index contributed by atoms with van der Waals surface area (Å²) in [5.74, 6) is 0.795. The molecule has 0 spiro atoms. The molecule has 0 radical (unpaired) electrons. The fraction of sp³-hybridized carbons (Fsp3) is 0.111. The lowest BCUT2D eigenvalue weighted by Crippen LogP contribution is -1.81. The zero-order chi connectivity index (χ0) is 8.81. The molecule has 12 heavy (non-hydrogen) atoms. The molecule has 1 aromatic rings. The molecule has 0 unspecified atom stereocenters. The Labute approximate surface area is 71.5 Å². The van der Waals surface area contributed by atoms with E-state index in [1.54, 1.807) is 6.08 Å². The first-order chi connectivity index (χ1) is 5.84. The number of nitrogens with one attached hydrogen (secondary N) is 1. The number of H-pyrrole nitrogens is 1. The number of nitrogens with zero attached hydrogens (tertiary/aromatic N) is 2. The Morgan fingerprint density at radius 1 is 1.58 bits per heavy atom. The van der Waals surface area contributed by atoms with E-state index < -0.39 is 0 Å². The van der Waals surface area contributed by atoms with Gasteiger partial charge in [-0.05, 0) is 12.5 Å². The van der Waals surface area contributed by atoms with E-state index in [1.807, 2.05) is 25.2 Å². The maximum Gasteiger partial charge on any atom is 0.151 e. The molecule has 0 aromatic carbocycles. The van der Waals surface area contributed by atoms with Crippen molar-refractivity contribution in [2.45, 2.75) is 6.92 Å². The molecule has 0 bridgehead atoms. The Bertz CT molecular complexity index is 294. The molecule has 62 valence electrons. The first-order valence-corrected chi connectivity index (χ1v) is 3.66. The molecule has 0 aliphatic heterocycles. The van der Waals surface area contributed by atoms with E-state index in [4.69, 9.17) is 0 Å². The van der Waals surface area contributed by atoms with Crippen molar-refractivity contribution in [2.24, 2.45) is 0 Å². The smallest absolute Gasteiger partial charge is 0.151 e. The van der Waals surface area contributed by atoms with Gasteiger partial charge in [0.15, 0.2) is 5.82 Å². The Balaban J connectivity index is 2.71. The number of aromatic amines is 1. The predicted octanol–water partition coefficient (Wildman–Crippen LogP) is 1.95. The van der Waals surface area contributed by atoms with Gasteiger partial charge < -0.3 is 0 Å². The summed E-state index contributed by atoms with van der Waals surface area (Å²) in [7, 11) is 0. The highest BCUT2D eigenvalue weighted by Crippen LogP contribution is 2.05. The third-order valence-corrected chi connectivity index (χ3v) is 1.38. The van der Waals surface area contributed by atoms with Crippen molar-refractivity contribution in [1.82, 2.24) is 15.2 Å². The highest BCUT2D eigenvalue weighted by atomic mass is 15.2. The van der Waals surface area contributed by atoms with Crippen LogP contribution in [0.5, 0.6) is 0 Å². The topological polar surface area (TPSA) is 41.6 Å². The minimum absolute atomic E-state index is 0.795. The maximum absolute atomic E-state index is 4.00. The van der Waals surface area contributed by atoms with Crippen molar-refractivity contribution >= 4 is 5.57 Å². The van der Waals surface area contributed by atoms with Crippen molar-refractivity contribution in [1.29, 1.82) is 0 Å². The normalized spacial score (nSPS) is 12.2. The summed E-state index contributed by atoms with van der Waals surface area (Å²) < 4.78 is 0. The molecule has 0 amide bonds. The predicted molar refractivity (Wildman–Crippen MR) is 49.4 cm³/mol. The van der Waals surface area contributed by atoms with Crippen LogP contribution in [0.2, 0.25) is 0 Å². The standard InChI is InChI=1S/C9H11N3/c1-3-4-5-6-8(2)9-10-7-11-12-9/h3-7H,1H2,2H3,(H,10,11,12)/b5-4-,8-6+. The van der Waals surface area contributed by atoms with E-state index in [9.17, 15) is 0 Å². The van der Waals surface area contributed by atoms with Crippen LogP contribution in [0.3, 0.4) is 0 Å². The van der Waals surface area contributed by atoms with Crippen LogP contribution in [0.15, 0.2) is 37.2 Å². The van der Waals surface area contributed by atoms with Crippen molar-refractivity contribution in [3.8, 4) is 0 Å². The van der Waals surface area contributed by atoms with Crippen LogP contribution in [0.25, 0.3) is 5.57 Å². The lowest BCUT2D eigenvalue weighted by atomic mass is 10.2. The lowest BCUT2D eigenvalue weighted by molar-refractivity contribution is 1.07. The summed E-state index contributed by atoms with van der Waals surface area (Å²) in [6.45, 7) is 5.53. The summed E-state index contributed by atoms with van der Waals surface area (Å²) in [6.07, 6.45) is 8.93. The summed E-state index contributed by atoms with van der Waals surface area (Å²) in [5.41, 5.74) is 1.05. The number of aromatic nitrogens is 3. The van der Waals surface area contributed by atoms with Crippen molar-refractivity contribution < 1.29 is 0 Å². The highest BCUT2D eigenvalue weighted by molar-refractivity contribution is 5.58. The fourth-order valence-electron chi connectivity index (χ4n) is 0.753. The van der Waals surface area contributed by atoms with Crippen LogP contribution in [-0.4, -0.2) is 15.2 Å². The molecular formula is C9H11N3. The zero-order valence-electron chi connectivity index (χ0n) is 6.99. The monoisotopic (exact) mass is 161 g/mol. The van der Waals surface area contributed by atoms with Crippen molar-refractivity contribution in [2.75, 3.05) is 0 Å². The summed E-state index contributed by atoms with van der Waals surface area (Å²) in [6, 6.07) is 0. The van der Waals surface area contributed by atoms with Gasteiger partial charge in [0.05, 0.1) is 0 Å². The van der Waals surface area contributed by atoms with Crippen molar-refractivity contribution in [3.05, 3.63) is 43.0 Å². The molecule has 1 N–H and O–H groups in total. The van der Waals surface area contributed by atoms with Gasteiger partial charge in [0.1, 0.15) is 6.33 Å². The van der Waals surface area contributed by atoms with Gasteiger partial charge >= 0.3 is 0 Å². The van der Waals surface area contributed by atoms with Gasteiger partial charge in [0.2, 0.25) is 0 Å². The summed E-state index contributed by atoms with van der Waals surface area (Å²) in [5, 5.41) is 6.52. The molecule has 0 aliphatic rings. The third kappa shape index (κ3) is 2.20. The van der Waals surface area contributed by atoms with E-state index in [0.717, 1.165) is 11.4 Å². The minimum atomic E-state index is 0.795. The Kier molecular flexibility index (Phi) is 3.02. The maximum atomic E-state index is 4.00. The van der Waals surface area contributed by atoms with E-state index in [0.29, 0.717) is 0 Å². The molecule has 0 saturated carbocycles. The molecule has 1 rings (SSSR count). The minimum Gasteiger partial charge on any atom is -0.260 e. The summed E-state index contributed by atoms with van der Waals surface area (Å²) in [4.78, 5) is 4.00. The zero-order valence-corrected chi connectivity index (χ0v) is 6.99. The molecular weight excluding hydrogens is 150 g/mol. The lowest BCUT2D eigenvalue weighted by Gasteiger charge is -1.89. The average molecular weight is 161 g/mol. The second-order valence-electron chi connectivity index (χ2n) is 2.30. The molecule has 3 heteroatoms. The molecule has 0 atom stereocenters. The first kappa shape index (κ1) is 8.46. The van der Waals surface area contributed by atoms with Gasteiger partial charge in [0, 0.05) is 0 Å². The Morgan fingerprint density at radius 2 is 2.42 bits per heavy atom. The van der Waals surface area contributed by atoms with Gasteiger partial charge in [0.25, 0.3) is 0 Å². The van der Waals surface area contributed by atoms with Crippen LogP contribution in [0.1, 0.15) is 12.7 Å². The van der Waals surface area contributed by atoms with Crippen LogP contribution in [-0.2, 0) is 0 Å². The van der Waals surface area contributed by atoms with E-state index in [2.05, 4.69) is 21.8 Å². The second-order valence-corrected chi connectivity index (χ2v) is 2.30.